The second kappa shape index (κ2) is 3.49. The van der Waals surface area contributed by atoms with Crippen molar-refractivity contribution in [2.75, 3.05) is 27.2 Å². The third-order valence-corrected chi connectivity index (χ3v) is 3.55. The monoisotopic (exact) mass is 207 g/mol. The van der Waals surface area contributed by atoms with Crippen LogP contribution in [0.4, 0.5) is 0 Å². The Hall–Kier alpha value is -1.08. The molecule has 1 amide bonds. The number of hydrogen-bond donors (Lipinski definition) is 0. The summed E-state index contributed by atoms with van der Waals surface area (Å²) in [6.07, 6.45) is 2.54. The highest BCUT2D eigenvalue weighted by Gasteiger charge is 2.53. The van der Waals surface area contributed by atoms with Crippen molar-refractivity contribution in [3.05, 3.63) is 0 Å². The molecule has 1 aliphatic heterocycles. The lowest BCUT2D eigenvalue weighted by Crippen LogP contribution is -2.38. The highest BCUT2D eigenvalue weighted by atomic mass is 16.2. The van der Waals surface area contributed by atoms with Crippen LogP contribution in [0.2, 0.25) is 0 Å². The molecule has 4 heteroatoms. The van der Waals surface area contributed by atoms with E-state index in [2.05, 4.69) is 11.0 Å². The zero-order valence-corrected chi connectivity index (χ0v) is 9.36. The molecule has 1 heterocycles. The molecule has 1 atom stereocenters. The first-order valence-corrected chi connectivity index (χ1v) is 5.46. The van der Waals surface area contributed by atoms with Gasteiger partial charge in [0.25, 0.3) is 0 Å². The molecule has 1 saturated carbocycles. The second-order valence-electron chi connectivity index (χ2n) is 4.85. The quantitative estimate of drug-likeness (QED) is 0.660. The topological polar surface area (TPSA) is 47.3 Å². The van der Waals surface area contributed by atoms with Gasteiger partial charge in [-0.1, -0.05) is 0 Å². The maximum atomic E-state index is 12.0. The first kappa shape index (κ1) is 10.4. The summed E-state index contributed by atoms with van der Waals surface area (Å²) in [6.45, 7) is 1.60. The summed E-state index contributed by atoms with van der Waals surface area (Å²) in [7, 11) is 4.08. The molecule has 1 aliphatic carbocycles. The lowest BCUT2D eigenvalue weighted by Gasteiger charge is -2.21. The van der Waals surface area contributed by atoms with E-state index in [0.717, 1.165) is 32.4 Å². The van der Waals surface area contributed by atoms with Crippen molar-refractivity contribution < 1.29 is 4.79 Å². The summed E-state index contributed by atoms with van der Waals surface area (Å²) in [4.78, 5) is 16.0. The van der Waals surface area contributed by atoms with Gasteiger partial charge in [0.15, 0.2) is 0 Å². The van der Waals surface area contributed by atoms with E-state index >= 15 is 0 Å². The van der Waals surface area contributed by atoms with Gasteiger partial charge in [0.05, 0.1) is 6.07 Å². The fourth-order valence-corrected chi connectivity index (χ4v) is 2.15. The Morgan fingerprint density at radius 1 is 1.53 bits per heavy atom. The van der Waals surface area contributed by atoms with Gasteiger partial charge in [-0.15, -0.1) is 0 Å². The van der Waals surface area contributed by atoms with E-state index in [4.69, 9.17) is 5.26 Å². The molecule has 1 unspecified atom stereocenters. The molecule has 82 valence electrons. The summed E-state index contributed by atoms with van der Waals surface area (Å²) in [5.41, 5.74) is -0.638. The number of nitrogens with zero attached hydrogens (tertiary/aromatic N) is 3. The third-order valence-electron chi connectivity index (χ3n) is 3.55. The molecule has 4 nitrogen and oxygen atoms in total. The highest BCUT2D eigenvalue weighted by molar-refractivity contribution is 5.88. The summed E-state index contributed by atoms with van der Waals surface area (Å²) < 4.78 is 0. The number of nitriles is 1. The third kappa shape index (κ3) is 1.72. The van der Waals surface area contributed by atoms with Crippen molar-refractivity contribution in [3.8, 4) is 6.07 Å². The van der Waals surface area contributed by atoms with Crippen molar-refractivity contribution >= 4 is 5.91 Å². The summed E-state index contributed by atoms with van der Waals surface area (Å²) in [5.74, 6) is 0.0642. The summed E-state index contributed by atoms with van der Waals surface area (Å²) in [5, 5.41) is 8.95. The molecule has 0 N–H and O–H groups in total. The zero-order chi connectivity index (χ0) is 11.1. The molecular weight excluding hydrogens is 190 g/mol. The SMILES string of the molecule is CN(C)C1CCN(C(=O)C2(C#N)CC2)C1. The molecule has 0 bridgehead atoms. The van der Waals surface area contributed by atoms with Gasteiger partial charge in [-0.2, -0.15) is 5.26 Å². The van der Waals surface area contributed by atoms with E-state index in [1.165, 1.54) is 0 Å². The molecule has 2 aliphatic rings. The molecule has 1 saturated heterocycles. The molecular formula is C11H17N3O. The molecule has 0 aromatic carbocycles. The molecule has 0 spiro atoms. The predicted molar refractivity (Wildman–Crippen MR) is 56.0 cm³/mol. The zero-order valence-electron chi connectivity index (χ0n) is 9.36. The van der Waals surface area contributed by atoms with Crippen LogP contribution in [0.1, 0.15) is 19.3 Å². The number of carbonyl (C=O) groups is 1. The lowest BCUT2D eigenvalue weighted by molar-refractivity contribution is -0.134. The fraction of sp³-hybridized carbons (Fsp3) is 0.818. The van der Waals surface area contributed by atoms with Crippen molar-refractivity contribution in [2.45, 2.75) is 25.3 Å². The molecule has 0 aromatic heterocycles. The summed E-state index contributed by atoms with van der Waals surface area (Å²) >= 11 is 0. The van der Waals surface area contributed by atoms with E-state index in [-0.39, 0.29) is 5.91 Å². The van der Waals surface area contributed by atoms with Crippen LogP contribution in [0.25, 0.3) is 0 Å². The van der Waals surface area contributed by atoms with Gasteiger partial charge in [-0.25, -0.2) is 0 Å². The Morgan fingerprint density at radius 3 is 2.60 bits per heavy atom. The number of likely N-dealkylation sites (N-methyl/N-ethyl adjacent to an activating group) is 1. The van der Waals surface area contributed by atoms with Crippen LogP contribution in [-0.4, -0.2) is 48.9 Å². The van der Waals surface area contributed by atoms with Crippen molar-refractivity contribution in [2.24, 2.45) is 5.41 Å². The number of hydrogen-bond acceptors (Lipinski definition) is 3. The van der Waals surface area contributed by atoms with Crippen molar-refractivity contribution in [3.63, 3.8) is 0 Å². The fourth-order valence-electron chi connectivity index (χ4n) is 2.15. The largest absolute Gasteiger partial charge is 0.340 e. The van der Waals surface area contributed by atoms with Crippen LogP contribution in [-0.2, 0) is 4.79 Å². The average Bonchev–Trinajstić information content (AvgIpc) is 2.86. The smallest absolute Gasteiger partial charge is 0.243 e. The second-order valence-corrected chi connectivity index (χ2v) is 4.85. The van der Waals surface area contributed by atoms with Crippen molar-refractivity contribution in [1.29, 1.82) is 5.26 Å². The Bertz CT molecular complexity index is 314. The van der Waals surface area contributed by atoms with E-state index in [1.807, 2.05) is 19.0 Å². The number of likely N-dealkylation sites (tertiary alicyclic amines) is 1. The first-order chi connectivity index (χ1) is 7.09. The van der Waals surface area contributed by atoms with Crippen LogP contribution in [0.5, 0.6) is 0 Å². The molecule has 2 rings (SSSR count). The minimum atomic E-state index is -0.638. The Balaban J connectivity index is 1.97. The average molecular weight is 207 g/mol. The van der Waals surface area contributed by atoms with Gasteiger partial charge in [-0.05, 0) is 33.4 Å². The van der Waals surface area contributed by atoms with Gasteiger partial charge in [0.1, 0.15) is 5.41 Å². The van der Waals surface area contributed by atoms with E-state index < -0.39 is 5.41 Å². The van der Waals surface area contributed by atoms with Gasteiger partial charge in [0.2, 0.25) is 5.91 Å². The highest BCUT2D eigenvalue weighted by Crippen LogP contribution is 2.46. The van der Waals surface area contributed by atoms with Gasteiger partial charge in [0, 0.05) is 19.1 Å². The predicted octanol–water partition coefficient (Wildman–Crippen LogP) is 0.453. The van der Waals surface area contributed by atoms with Crippen LogP contribution >= 0.6 is 0 Å². The van der Waals surface area contributed by atoms with Crippen LogP contribution in [0, 0.1) is 16.7 Å². The van der Waals surface area contributed by atoms with Gasteiger partial charge >= 0.3 is 0 Å². The molecule has 2 fully saturated rings. The van der Waals surface area contributed by atoms with Crippen LogP contribution < -0.4 is 0 Å². The Kier molecular flexibility index (Phi) is 2.43. The van der Waals surface area contributed by atoms with Crippen LogP contribution in [0.15, 0.2) is 0 Å². The molecule has 0 radical (unpaired) electrons. The Morgan fingerprint density at radius 2 is 2.20 bits per heavy atom. The van der Waals surface area contributed by atoms with Gasteiger partial charge < -0.3 is 9.80 Å². The maximum Gasteiger partial charge on any atom is 0.243 e. The minimum absolute atomic E-state index is 0.0642. The van der Waals surface area contributed by atoms with Gasteiger partial charge in [-0.3, -0.25) is 4.79 Å². The first-order valence-electron chi connectivity index (χ1n) is 5.46. The minimum Gasteiger partial charge on any atom is -0.340 e. The maximum absolute atomic E-state index is 12.0. The van der Waals surface area contributed by atoms with E-state index in [1.54, 1.807) is 0 Å². The number of amides is 1. The number of rotatable bonds is 2. The summed E-state index contributed by atoms with van der Waals surface area (Å²) in [6, 6.07) is 2.63. The molecule has 15 heavy (non-hydrogen) atoms. The standard InChI is InChI=1S/C11H17N3O/c1-13(2)9-3-6-14(7-9)10(15)11(8-12)4-5-11/h9H,3-7H2,1-2H3. The van der Waals surface area contributed by atoms with Crippen molar-refractivity contribution in [1.82, 2.24) is 9.80 Å². The van der Waals surface area contributed by atoms with Crippen LogP contribution in [0.3, 0.4) is 0 Å². The van der Waals surface area contributed by atoms with E-state index in [9.17, 15) is 4.79 Å². The number of carbonyl (C=O) groups excluding carboxylic acids is 1. The lowest BCUT2D eigenvalue weighted by atomic mass is 10.1. The normalized spacial score (nSPS) is 27.9. The molecule has 0 aromatic rings. The Labute approximate surface area is 90.5 Å². The van der Waals surface area contributed by atoms with E-state index in [0.29, 0.717) is 6.04 Å².